The van der Waals surface area contributed by atoms with Crippen LogP contribution in [0, 0.1) is 20.8 Å². The first kappa shape index (κ1) is 25.9. The Morgan fingerprint density at radius 1 is 0.750 bits per heavy atom. The normalized spacial score (nSPS) is 16.6. The van der Waals surface area contributed by atoms with E-state index in [1.54, 1.807) is 0 Å². The molecular formula is C36H39N4+. The first-order chi connectivity index (χ1) is 19.2. The molecule has 1 aliphatic rings. The molecule has 202 valence electrons. The number of aromatic nitrogens is 2. The van der Waals surface area contributed by atoms with E-state index in [-0.39, 0.29) is 6.17 Å². The van der Waals surface area contributed by atoms with Gasteiger partial charge in [-0.05, 0) is 80.1 Å². The van der Waals surface area contributed by atoms with Crippen LogP contribution in [0.2, 0.25) is 0 Å². The summed E-state index contributed by atoms with van der Waals surface area (Å²) in [7, 11) is 4.39. The third kappa shape index (κ3) is 3.77. The number of hydrogen-bond acceptors (Lipinski definition) is 2. The van der Waals surface area contributed by atoms with Crippen molar-refractivity contribution < 1.29 is 4.57 Å². The Balaban J connectivity index is 1.75. The van der Waals surface area contributed by atoms with Crippen molar-refractivity contribution in [2.75, 3.05) is 7.05 Å². The lowest BCUT2D eigenvalue weighted by atomic mass is 9.82. The summed E-state index contributed by atoms with van der Waals surface area (Å²) in [6, 6.07) is 33.0. The maximum Gasteiger partial charge on any atom is 0.293 e. The van der Waals surface area contributed by atoms with Gasteiger partial charge >= 0.3 is 0 Å². The second-order valence-electron chi connectivity index (χ2n) is 11.4. The van der Waals surface area contributed by atoms with Crippen LogP contribution in [0.3, 0.4) is 0 Å². The van der Waals surface area contributed by atoms with E-state index < -0.39 is 5.54 Å². The second kappa shape index (κ2) is 9.71. The maximum absolute atomic E-state index is 2.53. The van der Waals surface area contributed by atoms with Crippen molar-refractivity contribution in [1.82, 2.24) is 14.4 Å². The summed E-state index contributed by atoms with van der Waals surface area (Å²) in [6.45, 7) is 11.4. The van der Waals surface area contributed by atoms with Gasteiger partial charge in [0.2, 0.25) is 0 Å². The first-order valence-electron chi connectivity index (χ1n) is 14.2. The van der Waals surface area contributed by atoms with Gasteiger partial charge in [0.25, 0.3) is 5.82 Å². The van der Waals surface area contributed by atoms with Crippen LogP contribution in [0.25, 0.3) is 27.8 Å². The zero-order valence-corrected chi connectivity index (χ0v) is 24.7. The van der Waals surface area contributed by atoms with Crippen LogP contribution in [-0.2, 0) is 12.6 Å². The summed E-state index contributed by atoms with van der Waals surface area (Å²) >= 11 is 0. The molecule has 6 rings (SSSR count). The molecule has 0 saturated carbocycles. The summed E-state index contributed by atoms with van der Waals surface area (Å²) < 4.78 is 4.93. The molecule has 2 heterocycles. The highest BCUT2D eigenvalue weighted by atomic mass is 15.4. The highest BCUT2D eigenvalue weighted by molar-refractivity contribution is 5.77. The van der Waals surface area contributed by atoms with Gasteiger partial charge in [-0.3, -0.25) is 0 Å². The molecule has 4 aromatic carbocycles. The number of fused-ring (bicyclic) bond motifs is 1. The van der Waals surface area contributed by atoms with E-state index in [1.807, 2.05) is 0 Å². The molecule has 1 aliphatic heterocycles. The molecule has 0 aliphatic carbocycles. The number of benzene rings is 4. The molecule has 1 aromatic heterocycles. The summed E-state index contributed by atoms with van der Waals surface area (Å²) in [4.78, 5) is 4.82. The molecule has 0 amide bonds. The molecule has 40 heavy (non-hydrogen) atoms. The van der Waals surface area contributed by atoms with Gasteiger partial charge in [0, 0.05) is 19.4 Å². The minimum atomic E-state index is -0.502. The Labute approximate surface area is 238 Å². The average Bonchev–Trinajstić information content (AvgIpc) is 3.45. The van der Waals surface area contributed by atoms with Gasteiger partial charge in [0.1, 0.15) is 5.69 Å². The molecule has 0 radical (unpaired) electrons. The number of nitrogens with zero attached hydrogens (tertiary/aromatic N) is 4. The fourth-order valence-electron chi connectivity index (χ4n) is 6.86. The van der Waals surface area contributed by atoms with Crippen molar-refractivity contribution in [1.29, 1.82) is 0 Å². The van der Waals surface area contributed by atoms with E-state index in [1.165, 1.54) is 55.9 Å². The van der Waals surface area contributed by atoms with Gasteiger partial charge in [-0.1, -0.05) is 78.9 Å². The van der Waals surface area contributed by atoms with Crippen molar-refractivity contribution in [2.24, 2.45) is 7.05 Å². The molecule has 4 heteroatoms. The van der Waals surface area contributed by atoms with Gasteiger partial charge in [0.15, 0.2) is 16.6 Å². The van der Waals surface area contributed by atoms with E-state index >= 15 is 0 Å². The SMILES string of the molecule is Cc1cccc(C)c1-n1c(C(C)(c2cccc(-c3ccccc3)c2C)N2C=CN(C)[C@@H]2C)[n+](C)c2ccccc21. The molecule has 5 aromatic rings. The third-order valence-electron chi connectivity index (χ3n) is 9.03. The Kier molecular flexibility index (Phi) is 6.29. The third-order valence-corrected chi connectivity index (χ3v) is 9.03. The van der Waals surface area contributed by atoms with E-state index in [4.69, 9.17) is 0 Å². The monoisotopic (exact) mass is 527 g/mol. The number of aryl methyl sites for hydroxylation is 3. The number of imidazole rings is 1. The predicted octanol–water partition coefficient (Wildman–Crippen LogP) is 7.38. The predicted molar refractivity (Wildman–Crippen MR) is 165 cm³/mol. The lowest BCUT2D eigenvalue weighted by Gasteiger charge is -2.42. The van der Waals surface area contributed by atoms with Crippen molar-refractivity contribution >= 4 is 11.0 Å². The minimum Gasteiger partial charge on any atom is -0.359 e. The molecule has 0 bridgehead atoms. The maximum atomic E-state index is 2.53. The van der Waals surface area contributed by atoms with Crippen LogP contribution >= 0.6 is 0 Å². The van der Waals surface area contributed by atoms with E-state index in [0.717, 1.165) is 0 Å². The summed E-state index contributed by atoms with van der Waals surface area (Å²) in [5, 5.41) is 0. The standard InChI is InChI=1S/C36H39N4/c1-25-15-13-16-26(2)34(25)40-33-22-12-11-21-32(33)38(7)35(40)36(5,39-24-23-37(6)28(39)4)31-20-14-19-30(27(31)3)29-17-9-8-10-18-29/h8-24,28H,1-7H3/q+1/t28-,36?/m0/s1. The highest BCUT2D eigenvalue weighted by Gasteiger charge is 2.50. The largest absolute Gasteiger partial charge is 0.359 e. The van der Waals surface area contributed by atoms with E-state index in [0.29, 0.717) is 0 Å². The van der Waals surface area contributed by atoms with Crippen LogP contribution in [0.5, 0.6) is 0 Å². The van der Waals surface area contributed by atoms with Crippen LogP contribution in [-0.4, -0.2) is 27.6 Å². The number of para-hydroxylation sites is 3. The smallest absolute Gasteiger partial charge is 0.293 e. The first-order valence-corrected chi connectivity index (χ1v) is 14.2. The molecular weight excluding hydrogens is 488 g/mol. The second-order valence-corrected chi connectivity index (χ2v) is 11.4. The quantitative estimate of drug-likeness (QED) is 0.222. The van der Waals surface area contributed by atoms with Crippen LogP contribution in [0.15, 0.2) is 103 Å². The van der Waals surface area contributed by atoms with E-state index in [9.17, 15) is 0 Å². The molecule has 4 nitrogen and oxygen atoms in total. The van der Waals surface area contributed by atoms with Gasteiger partial charge in [0.05, 0.1) is 13.2 Å². The van der Waals surface area contributed by atoms with Gasteiger partial charge < -0.3 is 9.80 Å². The van der Waals surface area contributed by atoms with E-state index in [2.05, 4.69) is 171 Å². The average molecular weight is 528 g/mol. The fraction of sp³-hybridized carbons (Fsp3) is 0.250. The molecule has 0 N–H and O–H groups in total. The van der Waals surface area contributed by atoms with Gasteiger partial charge in [-0.2, -0.15) is 4.57 Å². The fourth-order valence-corrected chi connectivity index (χ4v) is 6.86. The summed E-state index contributed by atoms with van der Waals surface area (Å²) in [5.74, 6) is 1.23. The van der Waals surface area contributed by atoms with Crippen LogP contribution in [0.4, 0.5) is 0 Å². The molecule has 0 spiro atoms. The van der Waals surface area contributed by atoms with Crippen LogP contribution in [0.1, 0.15) is 41.9 Å². The lowest BCUT2D eigenvalue weighted by Crippen LogP contribution is -2.54. The van der Waals surface area contributed by atoms with Crippen molar-refractivity contribution in [3.8, 4) is 16.8 Å². The minimum absolute atomic E-state index is 0.175. The number of rotatable bonds is 5. The zero-order valence-electron chi connectivity index (χ0n) is 24.7. The summed E-state index contributed by atoms with van der Waals surface area (Å²) in [6.07, 6.45) is 4.64. The lowest BCUT2D eigenvalue weighted by molar-refractivity contribution is -0.658. The summed E-state index contributed by atoms with van der Waals surface area (Å²) in [5.41, 5.74) is 10.8. The Hall–Kier alpha value is -4.31. The molecule has 2 atom stereocenters. The van der Waals surface area contributed by atoms with Gasteiger partial charge in [-0.15, -0.1) is 0 Å². The van der Waals surface area contributed by atoms with Crippen LogP contribution < -0.4 is 4.57 Å². The Morgan fingerprint density at radius 3 is 2.08 bits per heavy atom. The topological polar surface area (TPSA) is 15.3 Å². The Bertz CT molecular complexity index is 1730. The molecule has 0 fully saturated rings. The van der Waals surface area contributed by atoms with Crippen molar-refractivity contribution in [3.05, 3.63) is 131 Å². The molecule has 1 unspecified atom stereocenters. The Morgan fingerprint density at radius 2 is 1.40 bits per heavy atom. The van der Waals surface area contributed by atoms with Crippen molar-refractivity contribution in [2.45, 2.75) is 46.3 Å². The molecule has 0 saturated heterocycles. The number of hydrogen-bond donors (Lipinski definition) is 0. The van der Waals surface area contributed by atoms with Gasteiger partial charge in [-0.25, -0.2) is 4.57 Å². The van der Waals surface area contributed by atoms with Crippen molar-refractivity contribution in [3.63, 3.8) is 0 Å². The highest BCUT2D eigenvalue weighted by Crippen LogP contribution is 2.44. The zero-order chi connectivity index (χ0) is 28.2.